The summed E-state index contributed by atoms with van der Waals surface area (Å²) in [7, 11) is 0. The highest BCUT2D eigenvalue weighted by Crippen LogP contribution is 2.23. The molecule has 1 heterocycles. The van der Waals surface area contributed by atoms with Gasteiger partial charge in [0.15, 0.2) is 5.82 Å². The smallest absolute Gasteiger partial charge is 0.304 e. The molecule has 104 valence electrons. The maximum atomic E-state index is 10.4. The minimum atomic E-state index is -0.802. The normalized spacial score (nSPS) is 10.5. The SMILES string of the molecule is O=C(O)CCSc1ccc(-c2nc(Cl)nc(Cl)n2)cc1. The molecule has 2 rings (SSSR count). The summed E-state index contributed by atoms with van der Waals surface area (Å²) in [6.07, 6.45) is 0.130. The molecule has 0 bridgehead atoms. The van der Waals surface area contributed by atoms with Gasteiger partial charge in [-0.2, -0.15) is 15.0 Å². The van der Waals surface area contributed by atoms with Gasteiger partial charge in [-0.05, 0) is 35.3 Å². The van der Waals surface area contributed by atoms with Gasteiger partial charge in [0.25, 0.3) is 0 Å². The molecule has 0 atom stereocenters. The standard InChI is InChI=1S/C12H9Cl2N3O2S/c13-11-15-10(16-12(14)17-11)7-1-3-8(4-2-7)20-6-5-9(18)19/h1-4H,5-6H2,(H,18,19). The molecular weight excluding hydrogens is 321 g/mol. The van der Waals surface area contributed by atoms with Crippen LogP contribution in [0.15, 0.2) is 29.2 Å². The largest absolute Gasteiger partial charge is 0.481 e. The lowest BCUT2D eigenvalue weighted by Crippen LogP contribution is -1.96. The van der Waals surface area contributed by atoms with E-state index in [-0.39, 0.29) is 17.0 Å². The molecule has 0 aliphatic carbocycles. The zero-order valence-electron chi connectivity index (χ0n) is 10.1. The molecule has 1 N–H and O–H groups in total. The first-order chi connectivity index (χ1) is 9.54. The van der Waals surface area contributed by atoms with E-state index in [4.69, 9.17) is 28.3 Å². The van der Waals surface area contributed by atoms with Crippen molar-refractivity contribution in [3.8, 4) is 11.4 Å². The number of hydrogen-bond donors (Lipinski definition) is 1. The summed E-state index contributed by atoms with van der Waals surface area (Å²) in [4.78, 5) is 23.1. The first kappa shape index (κ1) is 15.0. The van der Waals surface area contributed by atoms with Crippen LogP contribution < -0.4 is 0 Å². The van der Waals surface area contributed by atoms with Gasteiger partial charge in [-0.25, -0.2) is 0 Å². The van der Waals surface area contributed by atoms with Gasteiger partial charge in [0, 0.05) is 16.2 Å². The number of carboxylic acid groups (broad SMARTS) is 1. The fourth-order valence-corrected chi connectivity index (χ4v) is 2.62. The highest BCUT2D eigenvalue weighted by molar-refractivity contribution is 7.99. The van der Waals surface area contributed by atoms with Crippen LogP contribution in [0.3, 0.4) is 0 Å². The number of halogens is 2. The van der Waals surface area contributed by atoms with E-state index in [9.17, 15) is 4.79 Å². The Hall–Kier alpha value is -1.37. The van der Waals surface area contributed by atoms with Gasteiger partial charge in [0.1, 0.15) is 0 Å². The van der Waals surface area contributed by atoms with Gasteiger partial charge in [-0.1, -0.05) is 12.1 Å². The van der Waals surface area contributed by atoms with Gasteiger partial charge in [0.05, 0.1) is 6.42 Å². The number of hydrogen-bond acceptors (Lipinski definition) is 5. The molecule has 5 nitrogen and oxygen atoms in total. The van der Waals surface area contributed by atoms with E-state index in [0.29, 0.717) is 11.6 Å². The molecule has 0 aliphatic heterocycles. The Morgan fingerprint density at radius 2 is 1.70 bits per heavy atom. The molecule has 0 unspecified atom stereocenters. The highest BCUT2D eigenvalue weighted by atomic mass is 35.5. The summed E-state index contributed by atoms with van der Waals surface area (Å²) in [5.74, 6) is 0.124. The van der Waals surface area contributed by atoms with Crippen molar-refractivity contribution in [3.05, 3.63) is 34.8 Å². The van der Waals surface area contributed by atoms with Crippen molar-refractivity contribution in [1.29, 1.82) is 0 Å². The molecule has 8 heteroatoms. The topological polar surface area (TPSA) is 76.0 Å². The van der Waals surface area contributed by atoms with Crippen LogP contribution in [0.2, 0.25) is 10.6 Å². The Labute approximate surface area is 129 Å². The van der Waals surface area contributed by atoms with Gasteiger partial charge >= 0.3 is 5.97 Å². The molecule has 0 fully saturated rings. The molecule has 0 spiro atoms. The van der Waals surface area contributed by atoms with Crippen molar-refractivity contribution in [3.63, 3.8) is 0 Å². The second-order valence-corrected chi connectivity index (χ2v) is 5.56. The van der Waals surface area contributed by atoms with E-state index in [0.717, 1.165) is 10.5 Å². The molecule has 0 saturated carbocycles. The van der Waals surface area contributed by atoms with Crippen LogP contribution in [0, 0.1) is 0 Å². The maximum Gasteiger partial charge on any atom is 0.304 e. The average Bonchev–Trinajstić information content (AvgIpc) is 2.38. The van der Waals surface area contributed by atoms with Crippen LogP contribution >= 0.6 is 35.0 Å². The lowest BCUT2D eigenvalue weighted by molar-refractivity contribution is -0.136. The molecule has 1 aromatic heterocycles. The van der Waals surface area contributed by atoms with Gasteiger partial charge in [0.2, 0.25) is 10.6 Å². The summed E-state index contributed by atoms with van der Waals surface area (Å²) in [5, 5.41) is 8.66. The highest BCUT2D eigenvalue weighted by Gasteiger charge is 2.06. The molecule has 0 amide bonds. The molecule has 0 aliphatic rings. The van der Waals surface area contributed by atoms with Crippen LogP contribution in [-0.4, -0.2) is 31.8 Å². The first-order valence-corrected chi connectivity index (χ1v) is 7.31. The van der Waals surface area contributed by atoms with Crippen LogP contribution in [0.5, 0.6) is 0 Å². The van der Waals surface area contributed by atoms with E-state index in [1.165, 1.54) is 11.8 Å². The molecule has 0 radical (unpaired) electrons. The lowest BCUT2D eigenvalue weighted by atomic mass is 10.2. The summed E-state index contributed by atoms with van der Waals surface area (Å²) < 4.78 is 0. The number of aromatic nitrogens is 3. The Kier molecular flexibility index (Phi) is 5.17. The fraction of sp³-hybridized carbons (Fsp3) is 0.167. The minimum absolute atomic E-state index is 0.0416. The summed E-state index contributed by atoms with van der Waals surface area (Å²) in [5.41, 5.74) is 0.763. The van der Waals surface area contributed by atoms with Gasteiger partial charge in [-0.15, -0.1) is 11.8 Å². The third-order valence-electron chi connectivity index (χ3n) is 2.28. The number of aliphatic carboxylic acids is 1. The van der Waals surface area contributed by atoms with Crippen molar-refractivity contribution in [2.24, 2.45) is 0 Å². The molecule has 20 heavy (non-hydrogen) atoms. The van der Waals surface area contributed by atoms with Crippen molar-refractivity contribution in [2.75, 3.05) is 5.75 Å². The molecule has 0 saturated heterocycles. The van der Waals surface area contributed by atoms with Crippen LogP contribution in [0.1, 0.15) is 6.42 Å². The van der Waals surface area contributed by atoms with Crippen molar-refractivity contribution in [1.82, 2.24) is 15.0 Å². The lowest BCUT2D eigenvalue weighted by Gasteiger charge is -2.03. The van der Waals surface area contributed by atoms with Crippen LogP contribution in [0.4, 0.5) is 0 Å². The third-order valence-corrected chi connectivity index (χ3v) is 3.63. The monoisotopic (exact) mass is 329 g/mol. The van der Waals surface area contributed by atoms with Gasteiger partial charge in [-0.3, -0.25) is 4.79 Å². The quantitative estimate of drug-likeness (QED) is 0.847. The molecular formula is C12H9Cl2N3O2S. The molecule has 2 aromatic rings. The predicted octanol–water partition coefficient (Wildman–Crippen LogP) is 3.41. The average molecular weight is 330 g/mol. The van der Waals surface area contributed by atoms with E-state index in [1.54, 1.807) is 0 Å². The third kappa shape index (κ3) is 4.33. The van der Waals surface area contributed by atoms with Crippen LogP contribution in [0.25, 0.3) is 11.4 Å². The number of carbonyl (C=O) groups is 1. The summed E-state index contributed by atoms with van der Waals surface area (Å²) >= 11 is 12.9. The Morgan fingerprint density at radius 3 is 2.25 bits per heavy atom. The summed E-state index contributed by atoms with van der Waals surface area (Å²) in [6.45, 7) is 0. The minimum Gasteiger partial charge on any atom is -0.481 e. The second kappa shape index (κ2) is 6.88. The Balaban J connectivity index is 2.09. The fourth-order valence-electron chi connectivity index (χ4n) is 1.41. The zero-order valence-corrected chi connectivity index (χ0v) is 12.4. The number of rotatable bonds is 5. The summed E-state index contributed by atoms with van der Waals surface area (Å²) in [6, 6.07) is 7.39. The van der Waals surface area contributed by atoms with Crippen molar-refractivity contribution < 1.29 is 9.90 Å². The van der Waals surface area contributed by atoms with E-state index < -0.39 is 5.97 Å². The zero-order chi connectivity index (χ0) is 14.5. The molecule has 1 aromatic carbocycles. The van der Waals surface area contributed by atoms with E-state index in [1.807, 2.05) is 24.3 Å². The van der Waals surface area contributed by atoms with E-state index in [2.05, 4.69) is 15.0 Å². The van der Waals surface area contributed by atoms with E-state index >= 15 is 0 Å². The first-order valence-electron chi connectivity index (χ1n) is 5.57. The van der Waals surface area contributed by atoms with Gasteiger partial charge < -0.3 is 5.11 Å². The number of benzene rings is 1. The van der Waals surface area contributed by atoms with Crippen molar-refractivity contribution in [2.45, 2.75) is 11.3 Å². The Morgan fingerprint density at radius 1 is 1.10 bits per heavy atom. The predicted molar refractivity (Wildman–Crippen MR) is 78.3 cm³/mol. The number of thioether (sulfide) groups is 1. The maximum absolute atomic E-state index is 10.4. The second-order valence-electron chi connectivity index (χ2n) is 3.71. The van der Waals surface area contributed by atoms with Crippen molar-refractivity contribution >= 4 is 40.9 Å². The Bertz CT molecular complexity index is 602. The number of nitrogens with zero attached hydrogens (tertiary/aromatic N) is 3. The van der Waals surface area contributed by atoms with Crippen LogP contribution in [-0.2, 0) is 4.79 Å². The number of carboxylic acids is 1.